The van der Waals surface area contributed by atoms with Gasteiger partial charge in [0.15, 0.2) is 4.34 Å². The minimum Gasteiger partial charge on any atom is -0.507 e. The summed E-state index contributed by atoms with van der Waals surface area (Å²) in [7, 11) is 0. The van der Waals surface area contributed by atoms with Gasteiger partial charge < -0.3 is 9.84 Å². The van der Waals surface area contributed by atoms with E-state index in [4.69, 9.17) is 4.74 Å². The molecule has 1 aliphatic rings. The molecule has 1 atom stereocenters. The lowest BCUT2D eigenvalue weighted by Gasteiger charge is -2.22. The van der Waals surface area contributed by atoms with Crippen molar-refractivity contribution in [2.75, 3.05) is 11.5 Å². The van der Waals surface area contributed by atoms with E-state index in [-0.39, 0.29) is 11.3 Å². The lowest BCUT2D eigenvalue weighted by molar-refractivity contribution is -0.132. The summed E-state index contributed by atoms with van der Waals surface area (Å²) in [6.45, 7) is 2.61. The van der Waals surface area contributed by atoms with E-state index in [1.807, 2.05) is 43.3 Å². The number of anilines is 1. The molecular formula is C29H25N3O4S2. The summed E-state index contributed by atoms with van der Waals surface area (Å²) in [5.41, 5.74) is 2.26. The minimum absolute atomic E-state index is 0.0112. The number of aliphatic hydroxyl groups excluding tert-OH is 1. The first-order chi connectivity index (χ1) is 18.6. The van der Waals surface area contributed by atoms with E-state index >= 15 is 0 Å². The molecule has 0 aliphatic carbocycles. The van der Waals surface area contributed by atoms with Gasteiger partial charge in [0.1, 0.15) is 11.5 Å². The Labute approximate surface area is 228 Å². The third-order valence-electron chi connectivity index (χ3n) is 5.97. The number of carbonyl (C=O) groups is 2. The zero-order valence-corrected chi connectivity index (χ0v) is 22.2. The van der Waals surface area contributed by atoms with Crippen LogP contribution in [0, 0.1) is 0 Å². The van der Waals surface area contributed by atoms with Gasteiger partial charge in [-0.1, -0.05) is 103 Å². The van der Waals surface area contributed by atoms with Crippen LogP contribution in [-0.4, -0.2) is 33.6 Å². The number of nitrogens with zero attached hydrogens (tertiary/aromatic N) is 3. The molecule has 0 spiro atoms. The smallest absolute Gasteiger partial charge is 0.301 e. The quantitative estimate of drug-likeness (QED) is 0.0877. The summed E-state index contributed by atoms with van der Waals surface area (Å²) >= 11 is 2.75. The molecule has 1 N–H and O–H groups in total. The van der Waals surface area contributed by atoms with Crippen LogP contribution in [0.5, 0.6) is 5.75 Å². The van der Waals surface area contributed by atoms with E-state index in [0.29, 0.717) is 38.7 Å². The predicted molar refractivity (Wildman–Crippen MR) is 149 cm³/mol. The van der Waals surface area contributed by atoms with Gasteiger partial charge in [0.2, 0.25) is 5.13 Å². The molecule has 0 radical (unpaired) electrons. The molecule has 5 rings (SSSR count). The van der Waals surface area contributed by atoms with Gasteiger partial charge in [-0.3, -0.25) is 14.5 Å². The highest BCUT2D eigenvalue weighted by Gasteiger charge is 2.48. The average Bonchev–Trinajstić information content (AvgIpc) is 3.53. The molecule has 3 aromatic carbocycles. The molecule has 1 saturated heterocycles. The van der Waals surface area contributed by atoms with Crippen molar-refractivity contribution in [3.05, 3.63) is 107 Å². The second-order valence-corrected chi connectivity index (χ2v) is 10.8. The maximum atomic E-state index is 13.4. The first-order valence-electron chi connectivity index (χ1n) is 12.2. The van der Waals surface area contributed by atoms with Gasteiger partial charge in [0.25, 0.3) is 5.78 Å². The second-order valence-electron chi connectivity index (χ2n) is 8.58. The number of amides is 1. The van der Waals surface area contributed by atoms with Crippen LogP contribution < -0.4 is 9.64 Å². The number of hydrogen-bond acceptors (Lipinski definition) is 8. The van der Waals surface area contributed by atoms with E-state index in [2.05, 4.69) is 10.2 Å². The Hall–Kier alpha value is -3.95. The zero-order chi connectivity index (χ0) is 26.5. The van der Waals surface area contributed by atoms with Crippen molar-refractivity contribution in [2.24, 2.45) is 0 Å². The molecule has 0 bridgehead atoms. The highest BCUT2D eigenvalue weighted by molar-refractivity contribution is 8.00. The van der Waals surface area contributed by atoms with Crippen molar-refractivity contribution in [1.29, 1.82) is 0 Å². The topological polar surface area (TPSA) is 92.6 Å². The molecule has 4 aromatic rings. The van der Waals surface area contributed by atoms with E-state index in [1.165, 1.54) is 28.0 Å². The standard InChI is InChI=1S/C29H25N3O4S2/c1-2-17-36-22-15-13-20(14-16-22)24-23(25(33)21-11-7-4-8-12-21)26(34)27(35)32(24)28-30-31-29(38-28)37-18-19-9-5-3-6-10-19/h3-16,24,33H,2,17-18H2,1H3/b25-23-. The largest absolute Gasteiger partial charge is 0.507 e. The Morgan fingerprint density at radius 2 is 1.66 bits per heavy atom. The van der Waals surface area contributed by atoms with E-state index < -0.39 is 17.7 Å². The van der Waals surface area contributed by atoms with Gasteiger partial charge in [-0.15, -0.1) is 10.2 Å². The summed E-state index contributed by atoms with van der Waals surface area (Å²) in [4.78, 5) is 28.0. The number of benzene rings is 3. The SMILES string of the molecule is CCCOc1ccc(C2/C(=C(/O)c3ccccc3)C(=O)C(=O)N2c2nnc(SCc3ccccc3)s2)cc1. The lowest BCUT2D eigenvalue weighted by Crippen LogP contribution is -2.29. The Bertz CT molecular complexity index is 1450. The molecule has 7 nitrogen and oxygen atoms in total. The van der Waals surface area contributed by atoms with Crippen LogP contribution in [0.15, 0.2) is 94.8 Å². The van der Waals surface area contributed by atoms with E-state index in [1.54, 1.807) is 48.5 Å². The molecule has 38 heavy (non-hydrogen) atoms. The van der Waals surface area contributed by atoms with Gasteiger partial charge in [-0.25, -0.2) is 0 Å². The maximum absolute atomic E-state index is 13.4. The number of rotatable bonds is 9. The van der Waals surface area contributed by atoms with E-state index in [0.717, 1.165) is 12.0 Å². The van der Waals surface area contributed by atoms with Crippen LogP contribution in [0.25, 0.3) is 5.76 Å². The van der Waals surface area contributed by atoms with Crippen LogP contribution in [0.1, 0.15) is 36.1 Å². The fraction of sp³-hybridized carbons (Fsp3) is 0.172. The number of thioether (sulfide) groups is 1. The first-order valence-corrected chi connectivity index (χ1v) is 14.0. The van der Waals surface area contributed by atoms with Gasteiger partial charge in [0.05, 0.1) is 18.2 Å². The second kappa shape index (κ2) is 11.6. The van der Waals surface area contributed by atoms with Crippen LogP contribution >= 0.6 is 23.1 Å². The number of hydrogen-bond donors (Lipinski definition) is 1. The normalized spacial score (nSPS) is 16.7. The van der Waals surface area contributed by atoms with E-state index in [9.17, 15) is 14.7 Å². The lowest BCUT2D eigenvalue weighted by atomic mass is 9.95. The number of aromatic nitrogens is 2. The van der Waals surface area contributed by atoms with Crippen LogP contribution in [0.2, 0.25) is 0 Å². The highest BCUT2D eigenvalue weighted by Crippen LogP contribution is 2.44. The molecule has 1 aliphatic heterocycles. The number of aliphatic hydroxyl groups is 1. The monoisotopic (exact) mass is 543 g/mol. The van der Waals surface area contributed by atoms with Crippen molar-refractivity contribution >= 4 is 45.7 Å². The number of carbonyl (C=O) groups excluding carboxylic acids is 2. The summed E-state index contributed by atoms with van der Waals surface area (Å²) < 4.78 is 6.38. The number of ether oxygens (including phenoxy) is 1. The van der Waals surface area contributed by atoms with Gasteiger partial charge in [-0.05, 0) is 29.7 Å². The van der Waals surface area contributed by atoms with Crippen molar-refractivity contribution in [1.82, 2.24) is 10.2 Å². The third-order valence-corrected chi connectivity index (χ3v) is 8.09. The van der Waals surface area contributed by atoms with Crippen molar-refractivity contribution < 1.29 is 19.4 Å². The summed E-state index contributed by atoms with van der Waals surface area (Å²) in [6, 6.07) is 25.1. The van der Waals surface area contributed by atoms with Gasteiger partial charge in [0, 0.05) is 11.3 Å². The third kappa shape index (κ3) is 5.34. The average molecular weight is 544 g/mol. The molecule has 1 unspecified atom stereocenters. The van der Waals surface area contributed by atoms with Crippen molar-refractivity contribution in [2.45, 2.75) is 29.5 Å². The molecular weight excluding hydrogens is 518 g/mol. The van der Waals surface area contributed by atoms with Gasteiger partial charge in [-0.2, -0.15) is 0 Å². The minimum atomic E-state index is -0.865. The fourth-order valence-corrected chi connectivity index (χ4v) is 5.96. The number of Topliss-reactive ketones (excluding diaryl/α,β-unsaturated/α-hetero) is 1. The molecule has 192 valence electrons. The van der Waals surface area contributed by atoms with Crippen molar-refractivity contribution in [3.8, 4) is 5.75 Å². The fourth-order valence-electron chi connectivity index (χ4n) is 4.14. The van der Waals surface area contributed by atoms with Crippen molar-refractivity contribution in [3.63, 3.8) is 0 Å². The summed E-state index contributed by atoms with van der Waals surface area (Å²) in [5.74, 6) is -0.367. The van der Waals surface area contributed by atoms with Crippen LogP contribution in [-0.2, 0) is 15.3 Å². The Kier molecular flexibility index (Phi) is 7.86. The Morgan fingerprint density at radius 3 is 2.34 bits per heavy atom. The summed E-state index contributed by atoms with van der Waals surface area (Å²) in [5, 5.41) is 20.0. The molecule has 2 heterocycles. The molecule has 1 aromatic heterocycles. The molecule has 1 amide bonds. The van der Waals surface area contributed by atoms with Crippen LogP contribution in [0.3, 0.4) is 0 Å². The molecule has 9 heteroatoms. The Morgan fingerprint density at radius 1 is 0.974 bits per heavy atom. The Balaban J connectivity index is 1.52. The molecule has 1 fully saturated rings. The number of ketones is 1. The first kappa shape index (κ1) is 25.7. The maximum Gasteiger partial charge on any atom is 0.301 e. The van der Waals surface area contributed by atoms with Gasteiger partial charge >= 0.3 is 5.91 Å². The molecule has 0 saturated carbocycles. The highest BCUT2D eigenvalue weighted by atomic mass is 32.2. The predicted octanol–water partition coefficient (Wildman–Crippen LogP) is 6.25. The summed E-state index contributed by atoms with van der Waals surface area (Å²) in [6.07, 6.45) is 0.876. The van der Waals surface area contributed by atoms with Crippen LogP contribution in [0.4, 0.5) is 5.13 Å². The zero-order valence-electron chi connectivity index (χ0n) is 20.6.